The maximum atomic E-state index is 11.2. The Morgan fingerprint density at radius 1 is 1.23 bits per heavy atom. The molecule has 13 heavy (non-hydrogen) atoms. The van der Waals surface area contributed by atoms with Gasteiger partial charge in [0.2, 0.25) is 0 Å². The molecule has 0 fully saturated rings. The van der Waals surface area contributed by atoms with E-state index in [0.717, 1.165) is 32.1 Å². The highest BCUT2D eigenvalue weighted by atomic mass is 16.3. The Morgan fingerprint density at radius 3 is 2.38 bits per heavy atom. The molecule has 0 unspecified atom stereocenters. The second-order valence-corrected chi connectivity index (χ2v) is 3.74. The standard InChI is InChI=1S/C11H22O2/c1-3-4-5-8-11(13)9-6-7-10(2)12/h10,12H,3-9H2,1-2H3/t10-/m0/s1. The summed E-state index contributed by atoms with van der Waals surface area (Å²) in [5.41, 5.74) is 0. The van der Waals surface area contributed by atoms with E-state index >= 15 is 0 Å². The minimum Gasteiger partial charge on any atom is -0.393 e. The van der Waals surface area contributed by atoms with Crippen LogP contribution in [0, 0.1) is 0 Å². The zero-order valence-corrected chi connectivity index (χ0v) is 8.88. The van der Waals surface area contributed by atoms with Crippen LogP contribution in [-0.2, 0) is 4.79 Å². The summed E-state index contributed by atoms with van der Waals surface area (Å²) in [5, 5.41) is 8.97. The quantitative estimate of drug-likeness (QED) is 0.592. The van der Waals surface area contributed by atoms with Gasteiger partial charge in [-0.2, -0.15) is 0 Å². The molecule has 0 bridgehead atoms. The number of aliphatic hydroxyl groups excluding tert-OH is 1. The highest BCUT2D eigenvalue weighted by molar-refractivity contribution is 5.78. The molecule has 78 valence electrons. The van der Waals surface area contributed by atoms with Crippen LogP contribution in [0.25, 0.3) is 0 Å². The van der Waals surface area contributed by atoms with Gasteiger partial charge >= 0.3 is 0 Å². The summed E-state index contributed by atoms with van der Waals surface area (Å²) in [5.74, 6) is 0.356. The lowest BCUT2D eigenvalue weighted by Gasteiger charge is -2.02. The fraction of sp³-hybridized carbons (Fsp3) is 0.909. The van der Waals surface area contributed by atoms with Gasteiger partial charge in [0, 0.05) is 12.8 Å². The molecule has 0 saturated heterocycles. The highest BCUT2D eigenvalue weighted by Gasteiger charge is 2.02. The normalized spacial score (nSPS) is 12.8. The maximum Gasteiger partial charge on any atom is 0.132 e. The minimum absolute atomic E-state index is 0.261. The summed E-state index contributed by atoms with van der Waals surface area (Å²) in [7, 11) is 0. The molecule has 0 aromatic carbocycles. The average Bonchev–Trinajstić information content (AvgIpc) is 2.04. The summed E-state index contributed by atoms with van der Waals surface area (Å²) in [4.78, 5) is 11.2. The fourth-order valence-electron chi connectivity index (χ4n) is 1.29. The van der Waals surface area contributed by atoms with Gasteiger partial charge in [-0.3, -0.25) is 4.79 Å². The van der Waals surface area contributed by atoms with Crippen molar-refractivity contribution >= 4 is 5.78 Å². The van der Waals surface area contributed by atoms with Crippen molar-refractivity contribution in [3.05, 3.63) is 0 Å². The summed E-state index contributed by atoms with van der Waals surface area (Å²) in [6.07, 6.45) is 6.06. The third kappa shape index (κ3) is 9.54. The second kappa shape index (κ2) is 8.24. The van der Waals surface area contributed by atoms with E-state index in [-0.39, 0.29) is 6.10 Å². The predicted molar refractivity (Wildman–Crippen MR) is 54.7 cm³/mol. The molecule has 1 N–H and O–H groups in total. The van der Waals surface area contributed by atoms with Crippen molar-refractivity contribution in [3.8, 4) is 0 Å². The largest absolute Gasteiger partial charge is 0.393 e. The van der Waals surface area contributed by atoms with E-state index in [1.807, 2.05) is 0 Å². The molecule has 0 aliphatic rings. The summed E-state index contributed by atoms with van der Waals surface area (Å²) >= 11 is 0. The predicted octanol–water partition coefficient (Wildman–Crippen LogP) is 2.69. The first-order valence-electron chi connectivity index (χ1n) is 5.36. The van der Waals surface area contributed by atoms with E-state index in [2.05, 4.69) is 6.92 Å². The fourth-order valence-corrected chi connectivity index (χ4v) is 1.29. The van der Waals surface area contributed by atoms with Crippen LogP contribution in [0.1, 0.15) is 58.8 Å². The topological polar surface area (TPSA) is 37.3 Å². The third-order valence-corrected chi connectivity index (χ3v) is 2.14. The molecule has 1 atom stereocenters. The second-order valence-electron chi connectivity index (χ2n) is 3.74. The average molecular weight is 186 g/mol. The van der Waals surface area contributed by atoms with Crippen LogP contribution in [0.4, 0.5) is 0 Å². The van der Waals surface area contributed by atoms with Gasteiger partial charge in [-0.25, -0.2) is 0 Å². The number of ketones is 1. The van der Waals surface area contributed by atoms with Gasteiger partial charge in [0.05, 0.1) is 6.10 Å². The number of hydrogen-bond donors (Lipinski definition) is 1. The van der Waals surface area contributed by atoms with E-state index in [1.54, 1.807) is 6.92 Å². The summed E-state index contributed by atoms with van der Waals surface area (Å²) in [6.45, 7) is 3.90. The molecule has 0 radical (unpaired) electrons. The molecule has 2 heteroatoms. The van der Waals surface area contributed by atoms with Crippen molar-refractivity contribution in [2.45, 2.75) is 64.9 Å². The van der Waals surface area contributed by atoms with Gasteiger partial charge in [0.25, 0.3) is 0 Å². The van der Waals surface area contributed by atoms with Crippen LogP contribution in [0.2, 0.25) is 0 Å². The summed E-state index contributed by atoms with van der Waals surface area (Å²) in [6, 6.07) is 0. The van der Waals surface area contributed by atoms with Crippen LogP contribution in [0.15, 0.2) is 0 Å². The molecular weight excluding hydrogens is 164 g/mol. The van der Waals surface area contributed by atoms with Gasteiger partial charge in [-0.1, -0.05) is 19.8 Å². The third-order valence-electron chi connectivity index (χ3n) is 2.14. The van der Waals surface area contributed by atoms with Crippen molar-refractivity contribution < 1.29 is 9.90 Å². The minimum atomic E-state index is -0.261. The van der Waals surface area contributed by atoms with Gasteiger partial charge in [0.1, 0.15) is 5.78 Å². The van der Waals surface area contributed by atoms with Crippen molar-refractivity contribution in [1.82, 2.24) is 0 Å². The van der Waals surface area contributed by atoms with Gasteiger partial charge in [-0.05, 0) is 26.2 Å². The Bertz CT molecular complexity index is 130. The van der Waals surface area contributed by atoms with Gasteiger partial charge in [0.15, 0.2) is 0 Å². The monoisotopic (exact) mass is 186 g/mol. The van der Waals surface area contributed by atoms with Gasteiger partial charge < -0.3 is 5.11 Å². The Hall–Kier alpha value is -0.370. The number of aliphatic hydroxyl groups is 1. The van der Waals surface area contributed by atoms with Crippen LogP contribution in [0.5, 0.6) is 0 Å². The Labute approximate surface area is 81.3 Å². The lowest BCUT2D eigenvalue weighted by atomic mass is 10.1. The van der Waals surface area contributed by atoms with Crippen molar-refractivity contribution in [3.63, 3.8) is 0 Å². The summed E-state index contributed by atoms with van der Waals surface area (Å²) < 4.78 is 0. The molecule has 0 spiro atoms. The zero-order valence-electron chi connectivity index (χ0n) is 8.88. The molecule has 0 amide bonds. The highest BCUT2D eigenvalue weighted by Crippen LogP contribution is 2.06. The Balaban J connectivity index is 3.20. The number of hydrogen-bond acceptors (Lipinski definition) is 2. The molecule has 0 aliphatic heterocycles. The molecular formula is C11H22O2. The lowest BCUT2D eigenvalue weighted by Crippen LogP contribution is -2.02. The van der Waals surface area contributed by atoms with Crippen molar-refractivity contribution in [1.29, 1.82) is 0 Å². The molecule has 2 nitrogen and oxygen atoms in total. The van der Waals surface area contributed by atoms with E-state index in [0.29, 0.717) is 12.2 Å². The molecule has 0 aliphatic carbocycles. The smallest absolute Gasteiger partial charge is 0.132 e. The van der Waals surface area contributed by atoms with Crippen LogP contribution >= 0.6 is 0 Å². The van der Waals surface area contributed by atoms with Crippen LogP contribution in [0.3, 0.4) is 0 Å². The molecule has 0 rings (SSSR count). The van der Waals surface area contributed by atoms with E-state index in [1.165, 1.54) is 6.42 Å². The number of carbonyl (C=O) groups is 1. The molecule has 0 aromatic rings. The van der Waals surface area contributed by atoms with Gasteiger partial charge in [-0.15, -0.1) is 0 Å². The van der Waals surface area contributed by atoms with E-state index < -0.39 is 0 Å². The number of carbonyl (C=O) groups excluding carboxylic acids is 1. The van der Waals surface area contributed by atoms with E-state index in [4.69, 9.17) is 5.11 Å². The first-order chi connectivity index (χ1) is 6.16. The number of unbranched alkanes of at least 4 members (excludes halogenated alkanes) is 2. The van der Waals surface area contributed by atoms with Crippen LogP contribution in [-0.4, -0.2) is 17.0 Å². The molecule has 0 heterocycles. The molecule has 0 aromatic heterocycles. The van der Waals surface area contributed by atoms with Crippen LogP contribution < -0.4 is 0 Å². The van der Waals surface area contributed by atoms with E-state index in [9.17, 15) is 4.79 Å². The Morgan fingerprint density at radius 2 is 1.85 bits per heavy atom. The SMILES string of the molecule is CCCCCC(=O)CCC[C@H](C)O. The first-order valence-corrected chi connectivity index (χ1v) is 5.36. The zero-order chi connectivity index (χ0) is 10.1. The maximum absolute atomic E-state index is 11.2. The number of rotatable bonds is 8. The Kier molecular flexibility index (Phi) is 8.00. The lowest BCUT2D eigenvalue weighted by molar-refractivity contribution is -0.119. The molecule has 0 saturated carbocycles. The van der Waals surface area contributed by atoms with Crippen molar-refractivity contribution in [2.24, 2.45) is 0 Å². The first kappa shape index (κ1) is 12.6. The van der Waals surface area contributed by atoms with Crippen molar-refractivity contribution in [2.75, 3.05) is 0 Å². The number of Topliss-reactive ketones (excluding diaryl/α,β-unsaturated/α-hetero) is 1.